The van der Waals surface area contributed by atoms with E-state index in [1.54, 1.807) is 0 Å². The molecule has 4 rings (SSSR count). The van der Waals surface area contributed by atoms with Crippen LogP contribution in [0.1, 0.15) is 28.8 Å². The highest BCUT2D eigenvalue weighted by atomic mass is 32.2. The zero-order valence-corrected chi connectivity index (χ0v) is 16.9. The number of esters is 1. The van der Waals surface area contributed by atoms with Crippen LogP contribution in [0.15, 0.2) is 70.6 Å². The first-order chi connectivity index (χ1) is 14.2. The van der Waals surface area contributed by atoms with Crippen LogP contribution in [0, 0.1) is 0 Å². The highest BCUT2D eigenvalue weighted by molar-refractivity contribution is 7.98. The maximum Gasteiger partial charge on any atom is 0.326 e. The summed E-state index contributed by atoms with van der Waals surface area (Å²) < 4.78 is 6.87. The molecule has 1 aliphatic carbocycles. The Kier molecular flexibility index (Phi) is 6.10. The Labute approximate surface area is 173 Å². The Balaban J connectivity index is 1.52. The van der Waals surface area contributed by atoms with Gasteiger partial charge in [-0.1, -0.05) is 72.4 Å². The van der Waals surface area contributed by atoms with Gasteiger partial charge in [-0.2, -0.15) is 0 Å². The number of aryl methyl sites for hydroxylation is 1. The summed E-state index contributed by atoms with van der Waals surface area (Å²) in [6.45, 7) is 0.0718. The molecule has 0 atom stereocenters. The van der Waals surface area contributed by atoms with E-state index >= 15 is 0 Å². The molecule has 0 bridgehead atoms. The highest BCUT2D eigenvalue weighted by Gasteiger charge is 2.22. The fourth-order valence-corrected chi connectivity index (χ4v) is 4.36. The average molecular weight is 407 g/mol. The van der Waals surface area contributed by atoms with Gasteiger partial charge >= 0.3 is 5.97 Å². The normalized spacial score (nSPS) is 12.6. The maximum atomic E-state index is 13.0. The first-order valence-corrected chi connectivity index (χ1v) is 10.7. The predicted octanol–water partition coefficient (Wildman–Crippen LogP) is 3.77. The Morgan fingerprint density at radius 1 is 1.00 bits per heavy atom. The minimum Gasteiger partial charge on any atom is -0.459 e. The van der Waals surface area contributed by atoms with Crippen molar-refractivity contribution >= 4 is 17.7 Å². The molecule has 0 N–H and O–H groups in total. The van der Waals surface area contributed by atoms with Gasteiger partial charge < -0.3 is 4.74 Å². The summed E-state index contributed by atoms with van der Waals surface area (Å²) in [7, 11) is 0. The number of carbonyl (C=O) groups excluding carboxylic acids is 1. The first-order valence-electron chi connectivity index (χ1n) is 9.69. The quantitative estimate of drug-likeness (QED) is 0.340. The van der Waals surface area contributed by atoms with Gasteiger partial charge in [-0.25, -0.2) is 4.98 Å². The molecular weight excluding hydrogens is 384 g/mol. The van der Waals surface area contributed by atoms with Crippen LogP contribution in [0.3, 0.4) is 0 Å². The van der Waals surface area contributed by atoms with Crippen LogP contribution >= 0.6 is 11.8 Å². The molecule has 148 valence electrons. The standard InChI is InChI=1S/C23H22N2O3S/c26-21(28-15-17-8-3-1-4-9-17)14-25-22(27)19-12-7-13-20(19)24-23(25)29-16-18-10-5-2-6-11-18/h1-6,8-11H,7,12-16H2. The smallest absolute Gasteiger partial charge is 0.326 e. The second-order valence-corrected chi connectivity index (χ2v) is 7.93. The van der Waals surface area contributed by atoms with Gasteiger partial charge in [0.25, 0.3) is 5.56 Å². The van der Waals surface area contributed by atoms with E-state index < -0.39 is 5.97 Å². The van der Waals surface area contributed by atoms with Crippen LogP contribution in [-0.4, -0.2) is 15.5 Å². The van der Waals surface area contributed by atoms with E-state index in [9.17, 15) is 9.59 Å². The third kappa shape index (κ3) is 4.77. The molecule has 1 heterocycles. The Morgan fingerprint density at radius 2 is 1.69 bits per heavy atom. The molecule has 0 aliphatic heterocycles. The highest BCUT2D eigenvalue weighted by Crippen LogP contribution is 2.24. The number of rotatable bonds is 7. The van der Waals surface area contributed by atoms with E-state index in [1.807, 2.05) is 60.7 Å². The van der Waals surface area contributed by atoms with Crippen LogP contribution in [0.2, 0.25) is 0 Å². The number of hydrogen-bond donors (Lipinski definition) is 0. The maximum absolute atomic E-state index is 13.0. The number of ether oxygens (including phenoxy) is 1. The minimum atomic E-state index is -0.433. The SMILES string of the molecule is O=C(Cn1c(SCc2ccccc2)nc2c(c1=O)CCC2)OCc1ccccc1. The fourth-order valence-electron chi connectivity index (χ4n) is 3.39. The zero-order valence-electron chi connectivity index (χ0n) is 16.0. The molecule has 1 aliphatic rings. The molecule has 0 amide bonds. The van der Waals surface area contributed by atoms with Gasteiger partial charge in [-0.15, -0.1) is 0 Å². The third-order valence-corrected chi connectivity index (χ3v) is 5.94. The van der Waals surface area contributed by atoms with Crippen molar-refractivity contribution in [3.8, 4) is 0 Å². The van der Waals surface area contributed by atoms with Gasteiger partial charge in [0.1, 0.15) is 13.2 Å². The van der Waals surface area contributed by atoms with E-state index in [0.717, 1.165) is 41.6 Å². The number of nitrogens with zero attached hydrogens (tertiary/aromatic N) is 2. The average Bonchev–Trinajstić information content (AvgIpc) is 3.23. The van der Waals surface area contributed by atoms with E-state index in [-0.39, 0.29) is 18.7 Å². The van der Waals surface area contributed by atoms with Crippen molar-refractivity contribution in [1.82, 2.24) is 9.55 Å². The summed E-state index contributed by atoms with van der Waals surface area (Å²) in [5.74, 6) is 0.253. The molecule has 0 unspecified atom stereocenters. The van der Waals surface area contributed by atoms with Crippen LogP contribution in [-0.2, 0) is 41.3 Å². The monoisotopic (exact) mass is 406 g/mol. The molecule has 6 heteroatoms. The van der Waals surface area contributed by atoms with Gasteiger partial charge in [-0.05, 0) is 30.4 Å². The second kappa shape index (κ2) is 9.09. The summed E-state index contributed by atoms with van der Waals surface area (Å²) in [4.78, 5) is 30.2. The number of hydrogen-bond acceptors (Lipinski definition) is 5. The lowest BCUT2D eigenvalue weighted by molar-refractivity contribution is -0.145. The summed E-state index contributed by atoms with van der Waals surface area (Å²) in [6, 6.07) is 19.5. The van der Waals surface area contributed by atoms with Crippen molar-refractivity contribution in [3.63, 3.8) is 0 Å². The Morgan fingerprint density at radius 3 is 2.41 bits per heavy atom. The summed E-state index contributed by atoms with van der Waals surface area (Å²) in [6.07, 6.45) is 2.48. The first kappa shape index (κ1) is 19.5. The second-order valence-electron chi connectivity index (χ2n) is 6.99. The summed E-state index contributed by atoms with van der Waals surface area (Å²) in [5.41, 5.74) is 3.56. The van der Waals surface area contributed by atoms with E-state index in [0.29, 0.717) is 10.9 Å². The topological polar surface area (TPSA) is 61.2 Å². The van der Waals surface area contributed by atoms with Crippen LogP contribution in [0.25, 0.3) is 0 Å². The molecule has 0 spiro atoms. The van der Waals surface area contributed by atoms with Crippen molar-refractivity contribution in [2.24, 2.45) is 0 Å². The molecule has 3 aromatic rings. The summed E-state index contributed by atoms with van der Waals surface area (Å²) in [5, 5.41) is 0.580. The van der Waals surface area contributed by atoms with Gasteiger partial charge in [0.05, 0.1) is 5.69 Å². The van der Waals surface area contributed by atoms with Gasteiger partial charge in [0, 0.05) is 11.3 Å². The Bertz CT molecular complexity index is 1050. The summed E-state index contributed by atoms with van der Waals surface area (Å²) >= 11 is 1.48. The number of aromatic nitrogens is 2. The molecule has 2 aromatic carbocycles. The fraction of sp³-hybridized carbons (Fsp3) is 0.261. The van der Waals surface area contributed by atoms with E-state index in [1.165, 1.54) is 16.3 Å². The van der Waals surface area contributed by atoms with Crippen LogP contribution < -0.4 is 5.56 Å². The number of thioether (sulfide) groups is 1. The molecule has 0 fully saturated rings. The zero-order chi connectivity index (χ0) is 20.1. The molecule has 1 aromatic heterocycles. The predicted molar refractivity (Wildman–Crippen MR) is 113 cm³/mol. The molecule has 5 nitrogen and oxygen atoms in total. The van der Waals surface area contributed by atoms with Gasteiger partial charge in [0.2, 0.25) is 0 Å². The van der Waals surface area contributed by atoms with Crippen molar-refractivity contribution in [1.29, 1.82) is 0 Å². The van der Waals surface area contributed by atoms with Crippen LogP contribution in [0.4, 0.5) is 0 Å². The molecule has 0 saturated carbocycles. The molecule has 29 heavy (non-hydrogen) atoms. The van der Waals surface area contributed by atoms with Gasteiger partial charge in [-0.3, -0.25) is 14.2 Å². The van der Waals surface area contributed by atoms with Crippen molar-refractivity contribution in [2.75, 3.05) is 0 Å². The van der Waals surface area contributed by atoms with Crippen molar-refractivity contribution < 1.29 is 9.53 Å². The molecule has 0 saturated heterocycles. The van der Waals surface area contributed by atoms with Crippen molar-refractivity contribution in [3.05, 3.63) is 93.4 Å². The molecular formula is C23H22N2O3S. The lowest BCUT2D eigenvalue weighted by atomic mass is 10.2. The number of benzene rings is 2. The van der Waals surface area contributed by atoms with Crippen LogP contribution in [0.5, 0.6) is 0 Å². The number of carbonyl (C=O) groups is 1. The van der Waals surface area contributed by atoms with Gasteiger partial charge in [0.15, 0.2) is 5.16 Å². The van der Waals surface area contributed by atoms with Crippen molar-refractivity contribution in [2.45, 2.75) is 43.3 Å². The van der Waals surface area contributed by atoms with E-state index in [2.05, 4.69) is 0 Å². The van der Waals surface area contributed by atoms with E-state index in [4.69, 9.17) is 9.72 Å². The third-order valence-electron chi connectivity index (χ3n) is 4.89. The Hall–Kier alpha value is -2.86. The minimum absolute atomic E-state index is 0.111. The number of fused-ring (bicyclic) bond motifs is 1. The lowest BCUT2D eigenvalue weighted by Crippen LogP contribution is -2.30. The molecule has 0 radical (unpaired) electrons. The largest absolute Gasteiger partial charge is 0.459 e. The lowest BCUT2D eigenvalue weighted by Gasteiger charge is -2.14.